The zero-order chi connectivity index (χ0) is 17.2. The lowest BCUT2D eigenvalue weighted by atomic mass is 10.1. The minimum atomic E-state index is -2.84. The smallest absolute Gasteiger partial charge is 0.194 e. The molecule has 0 spiro atoms. The van der Waals surface area contributed by atoms with E-state index in [1.54, 1.807) is 11.3 Å². The van der Waals surface area contributed by atoms with Gasteiger partial charge in [0.15, 0.2) is 15.8 Å². The minimum Gasteiger partial charge on any atom is -0.356 e. The van der Waals surface area contributed by atoms with Gasteiger partial charge in [0.05, 0.1) is 35.8 Å². The lowest BCUT2D eigenvalue weighted by Gasteiger charge is -2.30. The van der Waals surface area contributed by atoms with E-state index in [2.05, 4.69) is 26.8 Å². The van der Waals surface area contributed by atoms with Gasteiger partial charge < -0.3 is 10.2 Å². The van der Waals surface area contributed by atoms with E-state index < -0.39 is 9.84 Å². The number of guanidine groups is 1. The summed E-state index contributed by atoms with van der Waals surface area (Å²) < 4.78 is 23.2. The van der Waals surface area contributed by atoms with Crippen LogP contribution in [0.4, 0.5) is 0 Å². The van der Waals surface area contributed by atoms with Crippen LogP contribution in [-0.4, -0.2) is 55.4 Å². The normalized spacial score (nSPS) is 23.1. The second-order valence-corrected chi connectivity index (χ2v) is 9.81. The van der Waals surface area contributed by atoms with Gasteiger partial charge in [0.2, 0.25) is 0 Å². The van der Waals surface area contributed by atoms with E-state index in [-0.39, 0.29) is 11.7 Å². The highest BCUT2D eigenvalue weighted by atomic mass is 32.2. The summed E-state index contributed by atoms with van der Waals surface area (Å²) in [6.45, 7) is 8.80. The highest BCUT2D eigenvalue weighted by Gasteiger charge is 2.28. The molecule has 0 aromatic carbocycles. The number of nitrogens with zero attached hydrogens (tertiary/aromatic N) is 3. The molecule has 1 aromatic rings. The number of thiazole rings is 1. The van der Waals surface area contributed by atoms with Gasteiger partial charge in [-0.3, -0.25) is 0 Å². The molecule has 1 unspecified atom stereocenters. The predicted molar refractivity (Wildman–Crippen MR) is 98.1 cm³/mol. The molecule has 8 heteroatoms. The molecule has 0 amide bonds. The predicted octanol–water partition coefficient (Wildman–Crippen LogP) is 1.46. The molecule has 1 atom stereocenters. The first kappa shape index (κ1) is 17.4. The number of hydrogen-bond donors (Lipinski definition) is 1. The van der Waals surface area contributed by atoms with Crippen molar-refractivity contribution in [2.45, 2.75) is 26.3 Å². The van der Waals surface area contributed by atoms with Crippen LogP contribution in [0.15, 0.2) is 22.7 Å². The summed E-state index contributed by atoms with van der Waals surface area (Å²) >= 11 is 1.68. The Morgan fingerprint density at radius 2 is 2.42 bits per heavy atom. The molecule has 2 aliphatic rings. The van der Waals surface area contributed by atoms with E-state index in [1.807, 2.05) is 12.4 Å². The molecule has 2 aliphatic heterocycles. The molecule has 1 fully saturated rings. The zero-order valence-corrected chi connectivity index (χ0v) is 15.6. The summed E-state index contributed by atoms with van der Waals surface area (Å²) in [6, 6.07) is 0. The SMILES string of the molecule is C=C(C)CN=C(NCC1CCS(=O)(=O)C1)N1CCc2ncsc2C1. The van der Waals surface area contributed by atoms with E-state index >= 15 is 0 Å². The summed E-state index contributed by atoms with van der Waals surface area (Å²) in [4.78, 5) is 12.6. The van der Waals surface area contributed by atoms with E-state index in [0.29, 0.717) is 18.8 Å². The molecule has 1 saturated heterocycles. The van der Waals surface area contributed by atoms with Crippen molar-refractivity contribution in [3.8, 4) is 0 Å². The summed E-state index contributed by atoms with van der Waals surface area (Å²) in [6.07, 6.45) is 1.66. The summed E-state index contributed by atoms with van der Waals surface area (Å²) in [5.74, 6) is 1.62. The van der Waals surface area contributed by atoms with Crippen LogP contribution in [0.3, 0.4) is 0 Å². The molecule has 0 bridgehead atoms. The van der Waals surface area contributed by atoms with Crippen molar-refractivity contribution < 1.29 is 8.42 Å². The van der Waals surface area contributed by atoms with Crippen LogP contribution >= 0.6 is 11.3 Å². The number of hydrogen-bond acceptors (Lipinski definition) is 5. The van der Waals surface area contributed by atoms with Crippen molar-refractivity contribution in [3.05, 3.63) is 28.2 Å². The topological polar surface area (TPSA) is 74.7 Å². The molecular formula is C16H24N4O2S2. The third kappa shape index (κ3) is 4.36. The maximum atomic E-state index is 11.6. The van der Waals surface area contributed by atoms with Crippen molar-refractivity contribution in [2.24, 2.45) is 10.9 Å². The van der Waals surface area contributed by atoms with Crippen molar-refractivity contribution in [1.82, 2.24) is 15.2 Å². The molecule has 0 radical (unpaired) electrons. The number of nitrogens with one attached hydrogen (secondary N) is 1. The van der Waals surface area contributed by atoms with Gasteiger partial charge in [0.25, 0.3) is 0 Å². The van der Waals surface area contributed by atoms with Gasteiger partial charge in [0, 0.05) is 24.4 Å². The molecule has 24 heavy (non-hydrogen) atoms. The summed E-state index contributed by atoms with van der Waals surface area (Å²) in [5.41, 5.74) is 4.10. The van der Waals surface area contributed by atoms with Crippen LogP contribution in [0.2, 0.25) is 0 Å². The molecule has 3 heterocycles. The molecule has 1 N–H and O–H groups in total. The Balaban J connectivity index is 1.66. The van der Waals surface area contributed by atoms with E-state index in [0.717, 1.165) is 37.5 Å². The summed E-state index contributed by atoms with van der Waals surface area (Å²) in [5, 5.41) is 3.40. The van der Waals surface area contributed by atoms with Gasteiger partial charge >= 0.3 is 0 Å². The Morgan fingerprint density at radius 3 is 3.12 bits per heavy atom. The summed E-state index contributed by atoms with van der Waals surface area (Å²) in [7, 11) is -2.84. The maximum absolute atomic E-state index is 11.6. The highest BCUT2D eigenvalue weighted by Crippen LogP contribution is 2.22. The molecular weight excluding hydrogens is 344 g/mol. The highest BCUT2D eigenvalue weighted by molar-refractivity contribution is 7.91. The Morgan fingerprint density at radius 1 is 1.58 bits per heavy atom. The number of rotatable bonds is 4. The van der Waals surface area contributed by atoms with E-state index in [9.17, 15) is 8.42 Å². The fourth-order valence-electron chi connectivity index (χ4n) is 3.05. The fourth-order valence-corrected chi connectivity index (χ4v) is 5.74. The molecule has 6 nitrogen and oxygen atoms in total. The van der Waals surface area contributed by atoms with Crippen molar-refractivity contribution in [1.29, 1.82) is 0 Å². The quantitative estimate of drug-likeness (QED) is 0.495. The Bertz CT molecular complexity index is 739. The van der Waals surface area contributed by atoms with Crippen molar-refractivity contribution in [2.75, 3.05) is 31.1 Å². The van der Waals surface area contributed by atoms with Gasteiger partial charge in [0.1, 0.15) is 0 Å². The number of aromatic nitrogens is 1. The number of aliphatic imine (C=N–C) groups is 1. The first-order valence-corrected chi connectivity index (χ1v) is 10.9. The van der Waals surface area contributed by atoms with Gasteiger partial charge in [-0.1, -0.05) is 12.2 Å². The second kappa shape index (κ2) is 7.23. The monoisotopic (exact) mass is 368 g/mol. The van der Waals surface area contributed by atoms with Crippen LogP contribution in [0.5, 0.6) is 0 Å². The van der Waals surface area contributed by atoms with Crippen LogP contribution in [0, 0.1) is 5.92 Å². The third-order valence-corrected chi connectivity index (χ3v) is 7.05. The van der Waals surface area contributed by atoms with Crippen LogP contribution in [0.1, 0.15) is 23.9 Å². The van der Waals surface area contributed by atoms with Crippen LogP contribution in [-0.2, 0) is 22.8 Å². The third-order valence-electron chi connectivity index (χ3n) is 4.35. The number of sulfone groups is 1. The van der Waals surface area contributed by atoms with Crippen molar-refractivity contribution >= 4 is 27.1 Å². The molecule has 0 saturated carbocycles. The first-order valence-electron chi connectivity index (χ1n) is 8.22. The van der Waals surface area contributed by atoms with Gasteiger partial charge in [-0.15, -0.1) is 11.3 Å². The average molecular weight is 369 g/mol. The van der Waals surface area contributed by atoms with Gasteiger partial charge in [-0.2, -0.15) is 0 Å². The molecule has 1 aromatic heterocycles. The zero-order valence-electron chi connectivity index (χ0n) is 14.0. The molecule has 132 valence electrons. The lowest BCUT2D eigenvalue weighted by Crippen LogP contribution is -2.45. The van der Waals surface area contributed by atoms with E-state index in [4.69, 9.17) is 0 Å². The maximum Gasteiger partial charge on any atom is 0.194 e. The van der Waals surface area contributed by atoms with Crippen LogP contribution < -0.4 is 5.32 Å². The average Bonchev–Trinajstić information content (AvgIpc) is 3.12. The molecule has 3 rings (SSSR count). The Labute approximate surface area is 147 Å². The lowest BCUT2D eigenvalue weighted by molar-refractivity contribution is 0.376. The first-order chi connectivity index (χ1) is 11.4. The van der Waals surface area contributed by atoms with Gasteiger partial charge in [-0.25, -0.2) is 18.4 Å². The molecule has 0 aliphatic carbocycles. The fraction of sp³-hybridized carbons (Fsp3) is 0.625. The van der Waals surface area contributed by atoms with Crippen LogP contribution in [0.25, 0.3) is 0 Å². The second-order valence-electron chi connectivity index (χ2n) is 6.64. The standard InChI is InChI=1S/C16H24N4O2S2/c1-12(2)7-17-16(18-8-13-4-6-24(21,22)10-13)20-5-3-14-15(9-20)23-11-19-14/h11,13H,1,3-10H2,2H3,(H,17,18). The van der Waals surface area contributed by atoms with Crippen molar-refractivity contribution in [3.63, 3.8) is 0 Å². The Hall–Kier alpha value is -1.41. The minimum absolute atomic E-state index is 0.175. The Kier molecular flexibility index (Phi) is 5.24. The van der Waals surface area contributed by atoms with E-state index in [1.165, 1.54) is 10.6 Å². The largest absolute Gasteiger partial charge is 0.356 e. The van der Waals surface area contributed by atoms with Gasteiger partial charge in [-0.05, 0) is 19.3 Å². The number of fused-ring (bicyclic) bond motifs is 1.